The predicted molar refractivity (Wildman–Crippen MR) is 151 cm³/mol. The van der Waals surface area contributed by atoms with Gasteiger partial charge in [0.25, 0.3) is 0 Å². The van der Waals surface area contributed by atoms with Gasteiger partial charge in [-0.2, -0.15) is 0 Å². The largest absolute Gasteiger partial charge is 0.376 e. The summed E-state index contributed by atoms with van der Waals surface area (Å²) >= 11 is 0. The first kappa shape index (κ1) is 32.5. The van der Waals surface area contributed by atoms with E-state index in [1.54, 1.807) is 14.2 Å². The molecule has 234 valence electrons. The third-order valence-electron chi connectivity index (χ3n) is 8.37. The van der Waals surface area contributed by atoms with Crippen LogP contribution in [-0.2, 0) is 37.9 Å². The summed E-state index contributed by atoms with van der Waals surface area (Å²) in [5.41, 5.74) is 0. The van der Waals surface area contributed by atoms with Crippen molar-refractivity contribution in [3.8, 4) is 0 Å². The molecular weight excluding hydrogens is 516 g/mol. The van der Waals surface area contributed by atoms with Crippen molar-refractivity contribution >= 4 is 0 Å². The standard InChI is InChI=1S/C30H56N2O8/c1-29(2)37-25-23(33-5)21(35-27(25)39-29)19-31-17-15-13-11-9-7-8-10-12-14-16-18-32-20-22-24(34-6)26-28(36-22)40-30(3,4)38-26/h21-28,31-32H,7-20H2,1-6H3/t21-,22+,23+,24-,25-,26+,27-,28+. The average molecular weight is 573 g/mol. The van der Waals surface area contributed by atoms with E-state index in [4.69, 9.17) is 37.9 Å². The quantitative estimate of drug-likeness (QED) is 0.222. The Morgan fingerprint density at radius 1 is 0.525 bits per heavy atom. The second-order valence-electron chi connectivity index (χ2n) is 12.6. The van der Waals surface area contributed by atoms with Gasteiger partial charge in [-0.3, -0.25) is 0 Å². The van der Waals surface area contributed by atoms with E-state index in [0.29, 0.717) is 0 Å². The number of unbranched alkanes of at least 4 members (excludes halogenated alkanes) is 9. The highest BCUT2D eigenvalue weighted by Crippen LogP contribution is 2.39. The zero-order chi connectivity index (χ0) is 28.6. The fraction of sp³-hybridized carbons (Fsp3) is 1.00. The molecule has 10 heteroatoms. The van der Waals surface area contributed by atoms with E-state index >= 15 is 0 Å². The Balaban J connectivity index is 0.898. The Hall–Kier alpha value is -0.400. The average Bonchev–Trinajstić information content (AvgIpc) is 3.57. The van der Waals surface area contributed by atoms with Crippen LogP contribution in [0.2, 0.25) is 0 Å². The molecule has 0 spiro atoms. The van der Waals surface area contributed by atoms with Gasteiger partial charge in [-0.05, 0) is 53.6 Å². The summed E-state index contributed by atoms with van der Waals surface area (Å²) < 4.78 is 47.0. The molecule has 0 unspecified atom stereocenters. The van der Waals surface area contributed by atoms with Crippen molar-refractivity contribution in [3.63, 3.8) is 0 Å². The molecule has 4 fully saturated rings. The smallest absolute Gasteiger partial charge is 0.190 e. The Labute approximate surface area is 241 Å². The zero-order valence-corrected chi connectivity index (χ0v) is 25.8. The first-order valence-electron chi connectivity index (χ1n) is 15.7. The molecule has 4 saturated heterocycles. The maximum atomic E-state index is 6.04. The van der Waals surface area contributed by atoms with Gasteiger partial charge < -0.3 is 48.5 Å². The number of fused-ring (bicyclic) bond motifs is 2. The summed E-state index contributed by atoms with van der Waals surface area (Å²) in [6.07, 6.45) is 11.7. The molecule has 4 aliphatic rings. The fourth-order valence-electron chi connectivity index (χ4n) is 6.40. The molecule has 40 heavy (non-hydrogen) atoms. The van der Waals surface area contributed by atoms with Gasteiger partial charge in [0.05, 0.1) is 0 Å². The summed E-state index contributed by atoms with van der Waals surface area (Å²) in [5.74, 6) is -1.21. The van der Waals surface area contributed by atoms with E-state index in [1.807, 2.05) is 27.7 Å². The summed E-state index contributed by atoms with van der Waals surface area (Å²) in [7, 11) is 3.44. The Kier molecular flexibility index (Phi) is 12.5. The summed E-state index contributed by atoms with van der Waals surface area (Å²) in [6.45, 7) is 11.2. The number of hydrogen-bond donors (Lipinski definition) is 2. The van der Waals surface area contributed by atoms with Crippen molar-refractivity contribution in [3.05, 3.63) is 0 Å². The van der Waals surface area contributed by atoms with Crippen LogP contribution < -0.4 is 10.6 Å². The van der Waals surface area contributed by atoms with Crippen molar-refractivity contribution in [2.75, 3.05) is 40.4 Å². The Morgan fingerprint density at radius 2 is 0.875 bits per heavy atom. The van der Waals surface area contributed by atoms with E-state index < -0.39 is 11.6 Å². The minimum Gasteiger partial charge on any atom is -0.376 e. The van der Waals surface area contributed by atoms with Crippen molar-refractivity contribution in [1.82, 2.24) is 10.6 Å². The number of methoxy groups -OCH3 is 2. The molecule has 0 aromatic rings. The lowest BCUT2D eigenvalue weighted by Gasteiger charge is -2.25. The van der Waals surface area contributed by atoms with Crippen LogP contribution in [0.3, 0.4) is 0 Å². The van der Waals surface area contributed by atoms with Crippen molar-refractivity contribution < 1.29 is 37.9 Å². The van der Waals surface area contributed by atoms with Gasteiger partial charge in [0.15, 0.2) is 24.2 Å². The highest BCUT2D eigenvalue weighted by atomic mass is 16.8. The van der Waals surface area contributed by atoms with E-state index in [9.17, 15) is 0 Å². The van der Waals surface area contributed by atoms with Crippen LogP contribution in [-0.4, -0.2) is 101 Å². The number of ether oxygens (including phenoxy) is 8. The highest BCUT2D eigenvalue weighted by Gasteiger charge is 2.55. The number of rotatable bonds is 19. The Morgan fingerprint density at radius 3 is 1.23 bits per heavy atom. The van der Waals surface area contributed by atoms with Crippen LogP contribution in [0.4, 0.5) is 0 Å². The zero-order valence-electron chi connectivity index (χ0n) is 25.8. The van der Waals surface area contributed by atoms with Gasteiger partial charge >= 0.3 is 0 Å². The van der Waals surface area contributed by atoms with Gasteiger partial charge in [0.2, 0.25) is 0 Å². The van der Waals surface area contributed by atoms with Gasteiger partial charge in [-0.15, -0.1) is 0 Å². The van der Waals surface area contributed by atoms with Crippen molar-refractivity contribution in [2.45, 2.75) is 153 Å². The van der Waals surface area contributed by atoms with Crippen LogP contribution in [0.25, 0.3) is 0 Å². The summed E-state index contributed by atoms with van der Waals surface area (Å²) in [6, 6.07) is 0. The molecule has 8 atom stereocenters. The second kappa shape index (κ2) is 15.4. The number of nitrogens with one attached hydrogen (secondary N) is 2. The van der Waals surface area contributed by atoms with Gasteiger partial charge in [0, 0.05) is 27.3 Å². The lowest BCUT2D eigenvalue weighted by molar-refractivity contribution is -0.216. The van der Waals surface area contributed by atoms with E-state index in [-0.39, 0.29) is 49.2 Å². The lowest BCUT2D eigenvalue weighted by Crippen LogP contribution is -2.41. The van der Waals surface area contributed by atoms with Crippen molar-refractivity contribution in [1.29, 1.82) is 0 Å². The maximum Gasteiger partial charge on any atom is 0.190 e. The fourth-order valence-corrected chi connectivity index (χ4v) is 6.40. The molecule has 4 heterocycles. The molecular formula is C30H56N2O8. The van der Waals surface area contributed by atoms with Crippen LogP contribution in [0.1, 0.15) is 91.9 Å². The van der Waals surface area contributed by atoms with Gasteiger partial charge in [-0.25, -0.2) is 0 Å². The Bertz CT molecular complexity index is 680. The number of hydrogen-bond acceptors (Lipinski definition) is 10. The minimum absolute atomic E-state index is 0.0334. The molecule has 2 N–H and O–H groups in total. The van der Waals surface area contributed by atoms with Crippen LogP contribution in [0.5, 0.6) is 0 Å². The van der Waals surface area contributed by atoms with E-state index in [1.165, 1.54) is 64.2 Å². The monoisotopic (exact) mass is 572 g/mol. The third kappa shape index (κ3) is 9.05. The molecule has 0 aromatic carbocycles. The lowest BCUT2D eigenvalue weighted by atomic mass is 10.1. The topological polar surface area (TPSA) is 97.9 Å². The second-order valence-corrected chi connectivity index (χ2v) is 12.6. The third-order valence-corrected chi connectivity index (χ3v) is 8.37. The van der Waals surface area contributed by atoms with Crippen molar-refractivity contribution in [2.24, 2.45) is 0 Å². The van der Waals surface area contributed by atoms with E-state index in [2.05, 4.69) is 10.6 Å². The molecule has 0 bridgehead atoms. The molecule has 4 aliphatic heterocycles. The molecule has 0 saturated carbocycles. The van der Waals surface area contributed by atoms with E-state index in [0.717, 1.165) is 26.2 Å². The SMILES string of the molecule is CO[C@@H]1[C@H]2OC(C)(C)O[C@H]2O[C@@H]1CNCCCCCCCCCCCCNC[C@@H]1O[C@H]2OC(C)(C)O[C@H]2[C@@H]1OC. The van der Waals surface area contributed by atoms with Crippen LogP contribution >= 0.6 is 0 Å². The van der Waals surface area contributed by atoms with Gasteiger partial charge in [0.1, 0.15) is 36.6 Å². The minimum atomic E-state index is -0.604. The molecule has 4 rings (SSSR count). The molecule has 0 aromatic heterocycles. The molecule has 10 nitrogen and oxygen atoms in total. The predicted octanol–water partition coefficient (Wildman–Crippen LogP) is 3.85. The van der Waals surface area contributed by atoms with Crippen LogP contribution in [0, 0.1) is 0 Å². The summed E-state index contributed by atoms with van der Waals surface area (Å²) in [5, 5.41) is 7.06. The first-order chi connectivity index (χ1) is 19.2. The molecule has 0 radical (unpaired) electrons. The first-order valence-corrected chi connectivity index (χ1v) is 15.7. The summed E-state index contributed by atoms with van der Waals surface area (Å²) in [4.78, 5) is 0. The highest BCUT2D eigenvalue weighted by molar-refractivity contribution is 4.95. The molecule has 0 amide bonds. The molecule has 0 aliphatic carbocycles. The van der Waals surface area contributed by atoms with Gasteiger partial charge in [-0.1, -0.05) is 51.4 Å². The normalized spacial score (nSPS) is 35.9. The maximum absolute atomic E-state index is 6.04. The van der Waals surface area contributed by atoms with Crippen LogP contribution in [0.15, 0.2) is 0 Å².